The summed E-state index contributed by atoms with van der Waals surface area (Å²) in [4.78, 5) is 19.3. The van der Waals surface area contributed by atoms with E-state index in [4.69, 9.17) is 9.47 Å². The maximum Gasteiger partial charge on any atom is 0.255 e. The molecule has 37 heavy (non-hydrogen) atoms. The number of carbonyl (C=O) groups excluding carboxylic acids is 1. The lowest BCUT2D eigenvalue weighted by molar-refractivity contribution is 0.0360. The van der Waals surface area contributed by atoms with Crippen molar-refractivity contribution in [1.82, 2.24) is 19.7 Å². The molecule has 2 aromatic heterocycles. The summed E-state index contributed by atoms with van der Waals surface area (Å²) < 4.78 is 26.7. The van der Waals surface area contributed by atoms with Crippen LogP contribution in [0.3, 0.4) is 0 Å². The largest absolute Gasteiger partial charge is 0.488 e. The van der Waals surface area contributed by atoms with E-state index in [0.29, 0.717) is 17.0 Å². The van der Waals surface area contributed by atoms with E-state index in [1.807, 2.05) is 10.9 Å². The van der Waals surface area contributed by atoms with Crippen LogP contribution in [0.15, 0.2) is 79.4 Å². The fourth-order valence-corrected chi connectivity index (χ4v) is 4.10. The first-order valence-corrected chi connectivity index (χ1v) is 12.2. The second-order valence-electron chi connectivity index (χ2n) is 8.77. The molecule has 0 aliphatic carbocycles. The highest BCUT2D eigenvalue weighted by molar-refractivity contribution is 6.05. The maximum atomic E-state index is 13.3. The molecule has 0 saturated carbocycles. The minimum Gasteiger partial charge on any atom is -0.488 e. The van der Waals surface area contributed by atoms with Gasteiger partial charge in [0.25, 0.3) is 5.91 Å². The molecule has 1 fully saturated rings. The van der Waals surface area contributed by atoms with Gasteiger partial charge in [-0.25, -0.2) is 4.39 Å². The van der Waals surface area contributed by atoms with Crippen LogP contribution in [0.5, 0.6) is 5.75 Å². The van der Waals surface area contributed by atoms with Crippen LogP contribution in [-0.4, -0.2) is 58.4 Å². The lowest BCUT2D eigenvalue weighted by Gasteiger charge is -2.26. The summed E-state index contributed by atoms with van der Waals surface area (Å²) >= 11 is 0. The Morgan fingerprint density at radius 1 is 1.05 bits per heavy atom. The molecule has 9 heteroatoms. The molecule has 2 aromatic carbocycles. The molecule has 1 amide bonds. The molecule has 0 unspecified atom stereocenters. The zero-order valence-electron chi connectivity index (χ0n) is 20.3. The van der Waals surface area contributed by atoms with Gasteiger partial charge in [0, 0.05) is 48.7 Å². The quantitative estimate of drug-likeness (QED) is 0.369. The molecule has 1 aliphatic heterocycles. The minimum atomic E-state index is -0.294. The number of hydrogen-bond donors (Lipinski definition) is 1. The van der Waals surface area contributed by atoms with Crippen molar-refractivity contribution in [2.45, 2.75) is 13.2 Å². The van der Waals surface area contributed by atoms with E-state index in [-0.39, 0.29) is 18.3 Å². The van der Waals surface area contributed by atoms with Gasteiger partial charge in [-0.05, 0) is 48.0 Å². The first kappa shape index (κ1) is 24.6. The summed E-state index contributed by atoms with van der Waals surface area (Å²) in [5, 5.41) is 7.41. The topological polar surface area (TPSA) is 81.5 Å². The molecular weight excluding hydrogens is 473 g/mol. The van der Waals surface area contributed by atoms with E-state index in [0.717, 1.165) is 56.1 Å². The molecule has 0 atom stereocenters. The third kappa shape index (κ3) is 6.58. The number of hydrogen-bond acceptors (Lipinski definition) is 6. The van der Waals surface area contributed by atoms with Gasteiger partial charge in [-0.15, -0.1) is 0 Å². The highest BCUT2D eigenvalue weighted by Crippen LogP contribution is 2.32. The van der Waals surface area contributed by atoms with Crippen LogP contribution >= 0.6 is 0 Å². The molecule has 5 rings (SSSR count). The van der Waals surface area contributed by atoms with Gasteiger partial charge in [0.05, 0.1) is 37.8 Å². The molecule has 0 bridgehead atoms. The van der Waals surface area contributed by atoms with Crippen molar-refractivity contribution in [3.05, 3.63) is 96.3 Å². The molecule has 190 valence electrons. The Bertz CT molecular complexity index is 1320. The summed E-state index contributed by atoms with van der Waals surface area (Å²) in [7, 11) is 0. The number of morpholine rings is 1. The third-order valence-corrected chi connectivity index (χ3v) is 6.16. The molecule has 3 heterocycles. The summed E-state index contributed by atoms with van der Waals surface area (Å²) in [6, 6.07) is 15.0. The smallest absolute Gasteiger partial charge is 0.255 e. The van der Waals surface area contributed by atoms with E-state index >= 15 is 0 Å². The zero-order chi connectivity index (χ0) is 25.5. The molecule has 4 aromatic rings. The number of aromatic nitrogens is 3. The van der Waals surface area contributed by atoms with Crippen LogP contribution in [0, 0.1) is 5.82 Å². The van der Waals surface area contributed by atoms with Crippen molar-refractivity contribution < 1.29 is 18.7 Å². The number of carbonyl (C=O) groups is 1. The van der Waals surface area contributed by atoms with Crippen molar-refractivity contribution in [3.8, 4) is 16.9 Å². The van der Waals surface area contributed by atoms with Crippen LogP contribution in [0.1, 0.15) is 15.9 Å². The number of halogens is 1. The summed E-state index contributed by atoms with van der Waals surface area (Å²) in [5.41, 5.74) is 3.52. The van der Waals surface area contributed by atoms with Crippen LogP contribution in [0.2, 0.25) is 0 Å². The van der Waals surface area contributed by atoms with Gasteiger partial charge in [-0.3, -0.25) is 19.4 Å². The van der Waals surface area contributed by atoms with E-state index in [9.17, 15) is 9.18 Å². The first-order chi connectivity index (χ1) is 18.1. The number of nitrogens with zero attached hydrogens (tertiary/aromatic N) is 4. The molecule has 1 N–H and O–H groups in total. The minimum absolute atomic E-state index is 0.251. The Labute approximate surface area is 214 Å². The molecular formula is C28H28FN5O3. The average Bonchev–Trinajstić information content (AvgIpc) is 3.42. The van der Waals surface area contributed by atoms with Crippen molar-refractivity contribution >= 4 is 11.6 Å². The van der Waals surface area contributed by atoms with E-state index in [1.165, 1.54) is 12.1 Å². The van der Waals surface area contributed by atoms with Gasteiger partial charge in [-0.2, -0.15) is 5.10 Å². The molecule has 8 nitrogen and oxygen atoms in total. The third-order valence-electron chi connectivity index (χ3n) is 6.16. The van der Waals surface area contributed by atoms with Gasteiger partial charge < -0.3 is 14.8 Å². The molecule has 0 radical (unpaired) electrons. The Morgan fingerprint density at radius 3 is 2.68 bits per heavy atom. The van der Waals surface area contributed by atoms with E-state index in [1.54, 1.807) is 61.1 Å². The number of amides is 1. The van der Waals surface area contributed by atoms with Crippen LogP contribution in [0.25, 0.3) is 11.1 Å². The summed E-state index contributed by atoms with van der Waals surface area (Å²) in [5.74, 6) is 0.0620. The summed E-state index contributed by atoms with van der Waals surface area (Å²) in [6.45, 7) is 5.24. The predicted octanol–water partition coefficient (Wildman–Crippen LogP) is 4.25. The number of rotatable bonds is 9. The standard InChI is InChI=1S/C28H28FN5O3/c29-24-6-3-21(4-7-24)20-37-27-8-5-22(28(35)32-25-2-1-9-30-18-25)16-26(27)23-17-31-34(19-23)11-10-33-12-14-36-15-13-33/h1-9,16-19H,10-15,20H2,(H,32,35). The average molecular weight is 502 g/mol. The number of pyridine rings is 1. The van der Waals surface area contributed by atoms with Crippen LogP contribution in [0.4, 0.5) is 10.1 Å². The maximum absolute atomic E-state index is 13.3. The Hall–Kier alpha value is -4.08. The summed E-state index contributed by atoms with van der Waals surface area (Å²) in [6.07, 6.45) is 6.99. The van der Waals surface area contributed by atoms with Crippen molar-refractivity contribution in [3.63, 3.8) is 0 Å². The van der Waals surface area contributed by atoms with Crippen molar-refractivity contribution in [1.29, 1.82) is 0 Å². The van der Waals surface area contributed by atoms with Crippen LogP contribution in [-0.2, 0) is 17.9 Å². The number of nitrogens with one attached hydrogen (secondary N) is 1. The predicted molar refractivity (Wildman–Crippen MR) is 138 cm³/mol. The number of anilines is 1. The normalized spacial score (nSPS) is 13.9. The SMILES string of the molecule is O=C(Nc1cccnc1)c1ccc(OCc2ccc(F)cc2)c(-c2cnn(CCN3CCOCC3)c2)c1. The highest BCUT2D eigenvalue weighted by Gasteiger charge is 2.16. The van der Waals surface area contributed by atoms with Crippen molar-refractivity contribution in [2.75, 3.05) is 38.2 Å². The van der Waals surface area contributed by atoms with Gasteiger partial charge >= 0.3 is 0 Å². The van der Waals surface area contributed by atoms with Gasteiger partial charge in [0.15, 0.2) is 0 Å². The fourth-order valence-electron chi connectivity index (χ4n) is 4.10. The van der Waals surface area contributed by atoms with Crippen molar-refractivity contribution in [2.24, 2.45) is 0 Å². The second-order valence-corrected chi connectivity index (χ2v) is 8.77. The Morgan fingerprint density at radius 2 is 1.89 bits per heavy atom. The molecule has 1 aliphatic rings. The lowest BCUT2D eigenvalue weighted by Crippen LogP contribution is -2.38. The number of ether oxygens (including phenoxy) is 2. The fraction of sp³-hybridized carbons (Fsp3) is 0.250. The second kappa shape index (κ2) is 11.8. The van der Waals surface area contributed by atoms with Gasteiger partial charge in [-0.1, -0.05) is 12.1 Å². The monoisotopic (exact) mass is 501 g/mol. The van der Waals surface area contributed by atoms with Gasteiger partial charge in [0.1, 0.15) is 18.2 Å². The highest BCUT2D eigenvalue weighted by atomic mass is 19.1. The van der Waals surface area contributed by atoms with Gasteiger partial charge in [0.2, 0.25) is 0 Å². The number of benzene rings is 2. The first-order valence-electron chi connectivity index (χ1n) is 12.2. The Balaban J connectivity index is 1.36. The molecule has 1 saturated heterocycles. The van der Waals surface area contributed by atoms with E-state index in [2.05, 4.69) is 20.3 Å². The zero-order valence-corrected chi connectivity index (χ0v) is 20.3. The lowest BCUT2D eigenvalue weighted by atomic mass is 10.0. The molecule has 0 spiro atoms. The Kier molecular flexibility index (Phi) is 7.83. The van der Waals surface area contributed by atoms with Crippen LogP contribution < -0.4 is 10.1 Å². The van der Waals surface area contributed by atoms with E-state index < -0.39 is 0 Å².